The van der Waals surface area contributed by atoms with Crippen molar-refractivity contribution in [3.05, 3.63) is 30.3 Å². The SMILES string of the molecule is CC1=NS(=O)(=O)N=C(C)C1=NNc1ccccc1. The zero-order valence-corrected chi connectivity index (χ0v) is 10.8. The van der Waals surface area contributed by atoms with Crippen LogP contribution in [0.5, 0.6) is 0 Å². The molecular formula is C11H12N4O2S. The molecule has 94 valence electrons. The van der Waals surface area contributed by atoms with E-state index < -0.39 is 10.2 Å². The molecule has 0 bridgehead atoms. The van der Waals surface area contributed by atoms with E-state index >= 15 is 0 Å². The van der Waals surface area contributed by atoms with Gasteiger partial charge in [-0.2, -0.15) is 13.5 Å². The molecule has 18 heavy (non-hydrogen) atoms. The first-order valence-electron chi connectivity index (χ1n) is 5.25. The Balaban J connectivity index is 2.27. The maximum Gasteiger partial charge on any atom is 0.363 e. The van der Waals surface area contributed by atoms with E-state index in [0.717, 1.165) is 5.69 Å². The third kappa shape index (κ3) is 2.80. The molecule has 1 aliphatic rings. The summed E-state index contributed by atoms with van der Waals surface area (Å²) in [6.07, 6.45) is 0. The molecule has 0 amide bonds. The average Bonchev–Trinajstić information content (AvgIpc) is 2.27. The summed E-state index contributed by atoms with van der Waals surface area (Å²) in [5, 5.41) is 4.12. The molecule has 7 heteroatoms. The van der Waals surface area contributed by atoms with Gasteiger partial charge in [0, 0.05) is 0 Å². The van der Waals surface area contributed by atoms with E-state index in [1.807, 2.05) is 30.3 Å². The highest BCUT2D eigenvalue weighted by molar-refractivity contribution is 7.89. The Hall–Kier alpha value is -2.02. The van der Waals surface area contributed by atoms with Crippen LogP contribution in [0.1, 0.15) is 13.8 Å². The number of para-hydroxylation sites is 1. The van der Waals surface area contributed by atoms with Crippen molar-refractivity contribution in [1.82, 2.24) is 0 Å². The number of anilines is 1. The van der Waals surface area contributed by atoms with Gasteiger partial charge >= 0.3 is 10.2 Å². The van der Waals surface area contributed by atoms with Gasteiger partial charge in [0.15, 0.2) is 0 Å². The number of hydrogen-bond donors (Lipinski definition) is 1. The molecule has 0 spiro atoms. The molecule has 0 radical (unpaired) electrons. The van der Waals surface area contributed by atoms with Gasteiger partial charge in [0.25, 0.3) is 0 Å². The summed E-state index contributed by atoms with van der Waals surface area (Å²) in [7, 11) is -3.73. The highest BCUT2D eigenvalue weighted by Gasteiger charge is 2.20. The van der Waals surface area contributed by atoms with Crippen molar-refractivity contribution >= 4 is 33.0 Å². The summed E-state index contributed by atoms with van der Waals surface area (Å²) in [5.74, 6) is 0. The van der Waals surface area contributed by atoms with E-state index in [-0.39, 0.29) is 0 Å². The molecule has 0 atom stereocenters. The van der Waals surface area contributed by atoms with Crippen molar-refractivity contribution < 1.29 is 8.42 Å². The zero-order chi connectivity index (χ0) is 13.2. The van der Waals surface area contributed by atoms with Gasteiger partial charge in [-0.05, 0) is 26.0 Å². The summed E-state index contributed by atoms with van der Waals surface area (Å²) in [5.41, 5.74) is 4.73. The van der Waals surface area contributed by atoms with Gasteiger partial charge in [0.1, 0.15) is 5.71 Å². The molecule has 1 aromatic rings. The van der Waals surface area contributed by atoms with Gasteiger partial charge in [0.2, 0.25) is 0 Å². The second kappa shape index (κ2) is 4.69. The fourth-order valence-corrected chi connectivity index (χ4v) is 2.42. The Morgan fingerprint density at radius 1 is 1.06 bits per heavy atom. The number of hydrogen-bond acceptors (Lipinski definition) is 4. The fourth-order valence-electron chi connectivity index (χ4n) is 1.51. The maximum atomic E-state index is 11.2. The molecule has 1 aromatic carbocycles. The normalized spacial score (nSPS) is 17.8. The molecule has 0 aromatic heterocycles. The van der Waals surface area contributed by atoms with Gasteiger partial charge in [-0.25, -0.2) is 0 Å². The minimum atomic E-state index is -3.73. The Morgan fingerprint density at radius 2 is 1.61 bits per heavy atom. The standard InChI is InChI=1S/C11H12N4O2S/c1-8-11(9(2)15-18(16,17)14-8)13-12-10-6-4-3-5-7-10/h3-7,12H,1-2H3. The second-order valence-electron chi connectivity index (χ2n) is 3.74. The van der Waals surface area contributed by atoms with Crippen molar-refractivity contribution in [3.8, 4) is 0 Å². The van der Waals surface area contributed by atoms with Crippen LogP contribution in [0.25, 0.3) is 0 Å². The van der Waals surface area contributed by atoms with E-state index in [2.05, 4.69) is 19.3 Å². The molecular weight excluding hydrogens is 252 g/mol. The summed E-state index contributed by atoms with van der Waals surface area (Å²) in [6, 6.07) is 9.33. The smallest absolute Gasteiger partial charge is 0.278 e. The molecule has 0 aliphatic carbocycles. The molecule has 0 saturated carbocycles. The fraction of sp³-hybridized carbons (Fsp3) is 0.182. The van der Waals surface area contributed by atoms with Crippen molar-refractivity contribution in [3.63, 3.8) is 0 Å². The van der Waals surface area contributed by atoms with Crippen LogP contribution < -0.4 is 5.43 Å². The number of benzene rings is 1. The van der Waals surface area contributed by atoms with Crippen LogP contribution in [-0.2, 0) is 10.2 Å². The van der Waals surface area contributed by atoms with Crippen LogP contribution in [-0.4, -0.2) is 25.6 Å². The van der Waals surface area contributed by atoms with Gasteiger partial charge in [0.05, 0.1) is 17.1 Å². The van der Waals surface area contributed by atoms with Crippen LogP contribution in [0, 0.1) is 0 Å². The van der Waals surface area contributed by atoms with Crippen molar-refractivity contribution in [2.24, 2.45) is 13.9 Å². The topological polar surface area (TPSA) is 83.2 Å². The number of nitrogens with one attached hydrogen (secondary N) is 1. The average molecular weight is 264 g/mol. The first-order chi connectivity index (χ1) is 8.48. The van der Waals surface area contributed by atoms with E-state index in [1.54, 1.807) is 13.8 Å². The quantitative estimate of drug-likeness (QED) is 0.824. The molecule has 0 unspecified atom stereocenters. The van der Waals surface area contributed by atoms with E-state index in [4.69, 9.17) is 0 Å². The van der Waals surface area contributed by atoms with Gasteiger partial charge in [-0.1, -0.05) is 18.2 Å². The third-order valence-corrected chi connectivity index (χ3v) is 3.27. The zero-order valence-electron chi connectivity index (χ0n) is 9.95. The van der Waals surface area contributed by atoms with Gasteiger partial charge in [-0.3, -0.25) is 5.43 Å². The van der Waals surface area contributed by atoms with Crippen LogP contribution in [0.4, 0.5) is 5.69 Å². The Bertz CT molecular complexity index is 617. The molecule has 1 aliphatic heterocycles. The monoisotopic (exact) mass is 264 g/mol. The highest BCUT2D eigenvalue weighted by atomic mass is 32.2. The Morgan fingerprint density at radius 3 is 2.17 bits per heavy atom. The largest absolute Gasteiger partial charge is 0.363 e. The van der Waals surface area contributed by atoms with Crippen LogP contribution in [0.3, 0.4) is 0 Å². The van der Waals surface area contributed by atoms with E-state index in [9.17, 15) is 8.42 Å². The lowest BCUT2D eigenvalue weighted by molar-refractivity contribution is 0.600. The predicted molar refractivity (Wildman–Crippen MR) is 72.6 cm³/mol. The number of nitrogens with zero attached hydrogens (tertiary/aromatic N) is 3. The van der Waals surface area contributed by atoms with Crippen molar-refractivity contribution in [2.45, 2.75) is 13.8 Å². The first-order valence-corrected chi connectivity index (χ1v) is 6.65. The van der Waals surface area contributed by atoms with E-state index in [1.165, 1.54) is 0 Å². The van der Waals surface area contributed by atoms with Gasteiger partial charge in [-0.15, -0.1) is 8.80 Å². The van der Waals surface area contributed by atoms with Crippen molar-refractivity contribution in [1.29, 1.82) is 0 Å². The summed E-state index contributed by atoms with van der Waals surface area (Å²) < 4.78 is 29.5. The predicted octanol–water partition coefficient (Wildman–Crippen LogP) is 1.63. The highest BCUT2D eigenvalue weighted by Crippen LogP contribution is 2.09. The molecule has 0 saturated heterocycles. The maximum absolute atomic E-state index is 11.2. The Kier molecular flexibility index (Phi) is 3.24. The lowest BCUT2D eigenvalue weighted by Gasteiger charge is -2.10. The lowest BCUT2D eigenvalue weighted by atomic mass is 10.2. The third-order valence-electron chi connectivity index (χ3n) is 2.26. The Labute approximate surface area is 105 Å². The summed E-state index contributed by atoms with van der Waals surface area (Å²) in [6.45, 7) is 3.17. The first kappa shape index (κ1) is 12.4. The number of rotatable bonds is 2. The van der Waals surface area contributed by atoms with Crippen molar-refractivity contribution in [2.75, 3.05) is 5.43 Å². The molecule has 1 heterocycles. The number of hydrazone groups is 1. The molecule has 2 rings (SSSR count). The van der Waals surface area contributed by atoms with Crippen LogP contribution in [0.2, 0.25) is 0 Å². The van der Waals surface area contributed by atoms with Crippen LogP contribution in [0.15, 0.2) is 44.2 Å². The second-order valence-corrected chi connectivity index (χ2v) is 5.00. The molecule has 0 fully saturated rings. The lowest BCUT2D eigenvalue weighted by Crippen LogP contribution is -2.26. The summed E-state index contributed by atoms with van der Waals surface area (Å²) in [4.78, 5) is 0. The van der Waals surface area contributed by atoms with E-state index in [0.29, 0.717) is 17.1 Å². The molecule has 6 nitrogen and oxygen atoms in total. The van der Waals surface area contributed by atoms with Gasteiger partial charge < -0.3 is 0 Å². The summed E-state index contributed by atoms with van der Waals surface area (Å²) >= 11 is 0. The minimum Gasteiger partial charge on any atom is -0.278 e. The minimum absolute atomic E-state index is 0.325. The molecule has 1 N–H and O–H groups in total. The van der Waals surface area contributed by atoms with Crippen LogP contribution >= 0.6 is 0 Å².